The van der Waals surface area contributed by atoms with Crippen molar-refractivity contribution in [3.8, 4) is 11.1 Å². The topological polar surface area (TPSA) is 66.0 Å². The molecule has 2 aromatic heterocycles. The molecule has 5 rings (SSSR count). The number of rotatable bonds is 7. The highest BCUT2D eigenvalue weighted by atomic mass is 19.4. The highest BCUT2D eigenvalue weighted by Gasteiger charge is 2.30. The van der Waals surface area contributed by atoms with E-state index in [2.05, 4.69) is 30.5 Å². The molecule has 0 saturated carbocycles. The van der Waals surface area contributed by atoms with Crippen LogP contribution in [0.5, 0.6) is 0 Å². The van der Waals surface area contributed by atoms with E-state index in [0.29, 0.717) is 5.52 Å². The molecular weight excluding hydrogens is 453 g/mol. The van der Waals surface area contributed by atoms with Crippen LogP contribution in [0.15, 0.2) is 67.0 Å². The average molecular weight is 479 g/mol. The Kier molecular flexibility index (Phi) is 6.50. The summed E-state index contributed by atoms with van der Waals surface area (Å²) in [6.07, 6.45) is 1.59. The molecule has 1 saturated heterocycles. The van der Waals surface area contributed by atoms with Gasteiger partial charge < -0.3 is 15.5 Å². The molecule has 180 valence electrons. The number of nitrogens with zero attached hydrogens (tertiary/aromatic N) is 4. The SMILES string of the molecule is FC(F)(F)c1cccc(Nc2ncc3cccc(-c4ccc(NCCN5CCCC5)nc4)c3n2)c1. The largest absolute Gasteiger partial charge is 0.416 e. The molecule has 0 spiro atoms. The number of halogens is 3. The van der Waals surface area contributed by atoms with Crippen molar-refractivity contribution in [1.82, 2.24) is 19.9 Å². The van der Waals surface area contributed by atoms with E-state index in [-0.39, 0.29) is 11.6 Å². The molecule has 1 aliphatic heterocycles. The minimum absolute atomic E-state index is 0.220. The fourth-order valence-corrected chi connectivity index (χ4v) is 4.26. The minimum atomic E-state index is -4.42. The van der Waals surface area contributed by atoms with Gasteiger partial charge in [0.15, 0.2) is 0 Å². The normalized spacial score (nSPS) is 14.4. The monoisotopic (exact) mass is 478 g/mol. The van der Waals surface area contributed by atoms with Crippen molar-refractivity contribution in [2.24, 2.45) is 0 Å². The van der Waals surface area contributed by atoms with Gasteiger partial charge in [0.2, 0.25) is 5.95 Å². The molecule has 9 heteroatoms. The van der Waals surface area contributed by atoms with E-state index in [0.717, 1.165) is 47.6 Å². The van der Waals surface area contributed by atoms with Crippen molar-refractivity contribution in [3.05, 3.63) is 72.6 Å². The molecule has 2 aromatic carbocycles. The Morgan fingerprint density at radius 3 is 2.51 bits per heavy atom. The van der Waals surface area contributed by atoms with Gasteiger partial charge in [-0.1, -0.05) is 24.3 Å². The Morgan fingerprint density at radius 2 is 1.74 bits per heavy atom. The van der Waals surface area contributed by atoms with E-state index >= 15 is 0 Å². The van der Waals surface area contributed by atoms with Crippen LogP contribution in [0.3, 0.4) is 0 Å². The fraction of sp³-hybridized carbons (Fsp3) is 0.269. The van der Waals surface area contributed by atoms with Crippen molar-refractivity contribution >= 4 is 28.4 Å². The van der Waals surface area contributed by atoms with E-state index in [9.17, 15) is 13.2 Å². The molecule has 6 nitrogen and oxygen atoms in total. The lowest BCUT2D eigenvalue weighted by Crippen LogP contribution is -2.26. The lowest BCUT2D eigenvalue weighted by atomic mass is 10.0. The first-order chi connectivity index (χ1) is 17.0. The lowest BCUT2D eigenvalue weighted by molar-refractivity contribution is -0.137. The van der Waals surface area contributed by atoms with Crippen molar-refractivity contribution in [3.63, 3.8) is 0 Å². The van der Waals surface area contributed by atoms with E-state index in [1.54, 1.807) is 18.5 Å². The summed E-state index contributed by atoms with van der Waals surface area (Å²) >= 11 is 0. The first-order valence-corrected chi connectivity index (χ1v) is 11.6. The number of likely N-dealkylation sites (tertiary alicyclic amines) is 1. The summed E-state index contributed by atoms with van der Waals surface area (Å²) in [6.45, 7) is 4.19. The third-order valence-corrected chi connectivity index (χ3v) is 6.06. The van der Waals surface area contributed by atoms with Crippen LogP contribution in [0.1, 0.15) is 18.4 Å². The number of nitrogens with one attached hydrogen (secondary N) is 2. The van der Waals surface area contributed by atoms with E-state index in [1.165, 1.54) is 32.0 Å². The molecular formula is C26H25F3N6. The summed E-state index contributed by atoms with van der Waals surface area (Å²) < 4.78 is 39.2. The van der Waals surface area contributed by atoms with E-state index in [4.69, 9.17) is 0 Å². The van der Waals surface area contributed by atoms with Crippen molar-refractivity contribution in [1.29, 1.82) is 0 Å². The van der Waals surface area contributed by atoms with E-state index in [1.807, 2.05) is 30.3 Å². The first kappa shape index (κ1) is 23.0. The second-order valence-corrected chi connectivity index (χ2v) is 8.55. The Morgan fingerprint density at radius 1 is 0.914 bits per heavy atom. The molecule has 4 aromatic rings. The zero-order valence-corrected chi connectivity index (χ0v) is 19.0. The van der Waals surface area contributed by atoms with Crippen molar-refractivity contribution in [2.45, 2.75) is 19.0 Å². The predicted octanol–water partition coefficient (Wildman–Crippen LogP) is 5.96. The maximum absolute atomic E-state index is 13.1. The van der Waals surface area contributed by atoms with Gasteiger partial charge in [-0.05, 0) is 56.3 Å². The van der Waals surface area contributed by atoms with Crippen LogP contribution < -0.4 is 10.6 Å². The van der Waals surface area contributed by atoms with Crippen LogP contribution >= 0.6 is 0 Å². The average Bonchev–Trinajstić information content (AvgIpc) is 3.37. The number of hydrogen-bond acceptors (Lipinski definition) is 6. The summed E-state index contributed by atoms with van der Waals surface area (Å²) in [7, 11) is 0. The number of aromatic nitrogens is 3. The number of fused-ring (bicyclic) bond motifs is 1. The van der Waals surface area contributed by atoms with Crippen LogP contribution in [0.25, 0.3) is 22.0 Å². The molecule has 1 fully saturated rings. The number of pyridine rings is 1. The number of alkyl halides is 3. The van der Waals surface area contributed by atoms with Gasteiger partial charge in [0, 0.05) is 47.7 Å². The second-order valence-electron chi connectivity index (χ2n) is 8.55. The number of anilines is 3. The lowest BCUT2D eigenvalue weighted by Gasteiger charge is -2.15. The van der Waals surface area contributed by atoms with Crippen LogP contribution in [-0.2, 0) is 6.18 Å². The van der Waals surface area contributed by atoms with Gasteiger partial charge in [0.1, 0.15) is 5.82 Å². The first-order valence-electron chi connectivity index (χ1n) is 11.6. The molecule has 1 aliphatic rings. The smallest absolute Gasteiger partial charge is 0.369 e. The maximum Gasteiger partial charge on any atom is 0.416 e. The van der Waals surface area contributed by atoms with Crippen LogP contribution in [0, 0.1) is 0 Å². The Hall–Kier alpha value is -3.72. The molecule has 0 aliphatic carbocycles. The zero-order valence-electron chi connectivity index (χ0n) is 19.0. The van der Waals surface area contributed by atoms with Gasteiger partial charge in [0.25, 0.3) is 0 Å². The van der Waals surface area contributed by atoms with Crippen LogP contribution in [0.4, 0.5) is 30.6 Å². The maximum atomic E-state index is 13.1. The van der Waals surface area contributed by atoms with Crippen LogP contribution in [-0.4, -0.2) is 46.0 Å². The number of benzene rings is 2. The zero-order chi connectivity index (χ0) is 24.3. The summed E-state index contributed by atoms with van der Waals surface area (Å²) in [5, 5.41) is 7.09. The molecule has 0 unspecified atom stereocenters. The van der Waals surface area contributed by atoms with Gasteiger partial charge in [-0.3, -0.25) is 0 Å². The summed E-state index contributed by atoms with van der Waals surface area (Å²) in [4.78, 5) is 15.9. The molecule has 3 heterocycles. The van der Waals surface area contributed by atoms with Gasteiger partial charge in [-0.25, -0.2) is 15.0 Å². The molecule has 2 N–H and O–H groups in total. The molecule has 0 atom stereocenters. The third-order valence-electron chi connectivity index (χ3n) is 6.06. The quantitative estimate of drug-likeness (QED) is 0.342. The molecule has 0 radical (unpaired) electrons. The van der Waals surface area contributed by atoms with Gasteiger partial charge >= 0.3 is 6.18 Å². The third kappa shape index (κ3) is 5.51. The summed E-state index contributed by atoms with van der Waals surface area (Å²) in [5.41, 5.74) is 1.98. The van der Waals surface area contributed by atoms with Gasteiger partial charge in [-0.15, -0.1) is 0 Å². The highest BCUT2D eigenvalue weighted by molar-refractivity contribution is 5.93. The van der Waals surface area contributed by atoms with Crippen LogP contribution in [0.2, 0.25) is 0 Å². The minimum Gasteiger partial charge on any atom is -0.369 e. The number of hydrogen-bond donors (Lipinski definition) is 2. The van der Waals surface area contributed by atoms with Gasteiger partial charge in [0.05, 0.1) is 11.1 Å². The Bertz CT molecular complexity index is 1300. The second kappa shape index (κ2) is 9.87. The fourth-order valence-electron chi connectivity index (χ4n) is 4.26. The van der Waals surface area contributed by atoms with Crippen molar-refractivity contribution < 1.29 is 13.2 Å². The standard InChI is InChI=1S/C26H25F3N6/c27-26(28,29)20-6-4-7-21(15-20)33-25-32-17-19-5-3-8-22(24(19)34-25)18-9-10-23(31-16-18)30-11-14-35-12-1-2-13-35/h3-10,15-17H,1-2,11-14H2,(H,30,31)(H,32,33,34). The number of para-hydroxylation sites is 1. The summed E-state index contributed by atoms with van der Waals surface area (Å²) in [6, 6.07) is 14.7. The molecule has 0 bridgehead atoms. The summed E-state index contributed by atoms with van der Waals surface area (Å²) in [5.74, 6) is 1.03. The Balaban J connectivity index is 1.34. The Labute approximate surface area is 201 Å². The highest BCUT2D eigenvalue weighted by Crippen LogP contribution is 2.32. The van der Waals surface area contributed by atoms with E-state index < -0.39 is 11.7 Å². The predicted molar refractivity (Wildman–Crippen MR) is 132 cm³/mol. The van der Waals surface area contributed by atoms with Gasteiger partial charge in [-0.2, -0.15) is 13.2 Å². The molecule has 35 heavy (non-hydrogen) atoms. The molecule has 0 amide bonds. The van der Waals surface area contributed by atoms with Crippen molar-refractivity contribution in [2.75, 3.05) is 36.8 Å².